The molecule has 0 spiro atoms. The standard InChI is InChI=1S/C28H33ClN2O5/c1-5-35-25(18-26(32)30-34)23(17-19-8-14-22(29)15-9-19)20-10-12-21(13-11-20)24-7-6-16-31(24)27(33)36-28(2,3)4/h6-16,23,25,34H,5,17-18H2,1-4H3,(H,30,32)/t23?,25-/m1/s1. The van der Waals surface area contributed by atoms with Crippen molar-refractivity contribution in [1.29, 1.82) is 0 Å². The molecule has 3 aromatic rings. The van der Waals surface area contributed by atoms with Crippen LogP contribution < -0.4 is 5.48 Å². The van der Waals surface area contributed by atoms with Crippen LogP contribution in [0.5, 0.6) is 0 Å². The van der Waals surface area contributed by atoms with Gasteiger partial charge >= 0.3 is 6.09 Å². The number of hydroxylamine groups is 1. The van der Waals surface area contributed by atoms with Crippen molar-refractivity contribution in [2.75, 3.05) is 6.61 Å². The molecule has 0 aliphatic rings. The Kier molecular flexibility index (Phi) is 9.31. The molecule has 1 heterocycles. The third-order valence-electron chi connectivity index (χ3n) is 5.68. The Balaban J connectivity index is 1.93. The number of amides is 1. The van der Waals surface area contributed by atoms with Crippen molar-refractivity contribution >= 4 is 23.6 Å². The monoisotopic (exact) mass is 512 g/mol. The lowest BCUT2D eigenvalue weighted by molar-refractivity contribution is -0.132. The van der Waals surface area contributed by atoms with Crippen LogP contribution in [0.1, 0.15) is 51.2 Å². The third-order valence-corrected chi connectivity index (χ3v) is 5.94. The van der Waals surface area contributed by atoms with Gasteiger partial charge in [0.2, 0.25) is 5.91 Å². The van der Waals surface area contributed by atoms with Crippen LogP contribution in [0.4, 0.5) is 4.79 Å². The summed E-state index contributed by atoms with van der Waals surface area (Å²) in [5.74, 6) is -0.684. The molecule has 7 nitrogen and oxygen atoms in total. The lowest BCUT2D eigenvalue weighted by atomic mass is 9.85. The second-order valence-corrected chi connectivity index (χ2v) is 9.97. The van der Waals surface area contributed by atoms with Crippen LogP contribution in [0.3, 0.4) is 0 Å². The molecule has 1 unspecified atom stereocenters. The van der Waals surface area contributed by atoms with E-state index in [1.807, 2.05) is 82.3 Å². The number of carbonyl (C=O) groups is 2. The van der Waals surface area contributed by atoms with Gasteiger partial charge in [0.1, 0.15) is 5.60 Å². The summed E-state index contributed by atoms with van der Waals surface area (Å²) in [5.41, 5.74) is 4.68. The summed E-state index contributed by atoms with van der Waals surface area (Å²) in [6, 6.07) is 19.1. The lowest BCUT2D eigenvalue weighted by Crippen LogP contribution is -2.31. The predicted octanol–water partition coefficient (Wildman–Crippen LogP) is 6.22. The molecule has 0 bridgehead atoms. The Labute approximate surface area is 216 Å². The minimum Gasteiger partial charge on any atom is -0.443 e. The van der Waals surface area contributed by atoms with Crippen LogP contribution in [0.15, 0.2) is 66.9 Å². The fourth-order valence-electron chi connectivity index (χ4n) is 4.09. The Morgan fingerprint density at radius 2 is 1.72 bits per heavy atom. The minimum absolute atomic E-state index is 0.00580. The number of hydrogen-bond acceptors (Lipinski definition) is 5. The highest BCUT2D eigenvalue weighted by molar-refractivity contribution is 6.30. The van der Waals surface area contributed by atoms with Gasteiger partial charge in [-0.2, -0.15) is 0 Å². The first-order valence-corrected chi connectivity index (χ1v) is 12.3. The van der Waals surface area contributed by atoms with E-state index in [1.54, 1.807) is 17.7 Å². The molecule has 0 aliphatic heterocycles. The molecule has 8 heteroatoms. The van der Waals surface area contributed by atoms with E-state index in [0.717, 1.165) is 16.7 Å². The zero-order chi connectivity index (χ0) is 26.3. The summed E-state index contributed by atoms with van der Waals surface area (Å²) in [7, 11) is 0. The normalized spacial score (nSPS) is 13.2. The van der Waals surface area contributed by atoms with E-state index in [4.69, 9.17) is 26.3 Å². The average Bonchev–Trinajstić information content (AvgIpc) is 3.33. The van der Waals surface area contributed by atoms with Gasteiger partial charge in [0.05, 0.1) is 18.2 Å². The number of nitrogens with zero attached hydrogens (tertiary/aromatic N) is 1. The van der Waals surface area contributed by atoms with E-state index in [2.05, 4.69) is 0 Å². The van der Waals surface area contributed by atoms with Gasteiger partial charge < -0.3 is 9.47 Å². The van der Waals surface area contributed by atoms with E-state index < -0.39 is 23.7 Å². The molecule has 0 saturated carbocycles. The van der Waals surface area contributed by atoms with Gasteiger partial charge in [0.15, 0.2) is 0 Å². The second kappa shape index (κ2) is 12.2. The van der Waals surface area contributed by atoms with Crippen molar-refractivity contribution in [1.82, 2.24) is 10.0 Å². The number of nitrogens with one attached hydrogen (secondary N) is 1. The molecule has 0 fully saturated rings. The van der Waals surface area contributed by atoms with E-state index in [1.165, 1.54) is 4.57 Å². The summed E-state index contributed by atoms with van der Waals surface area (Å²) in [5, 5.41) is 9.74. The minimum atomic E-state index is -0.605. The molecule has 1 amide bonds. The van der Waals surface area contributed by atoms with Crippen LogP contribution in [0.25, 0.3) is 11.3 Å². The van der Waals surface area contributed by atoms with Crippen molar-refractivity contribution < 1.29 is 24.3 Å². The molecule has 1 aromatic heterocycles. The average molecular weight is 513 g/mol. The molecule has 2 N–H and O–H groups in total. The van der Waals surface area contributed by atoms with E-state index in [9.17, 15) is 9.59 Å². The van der Waals surface area contributed by atoms with Crippen LogP contribution in [-0.4, -0.2) is 40.1 Å². The maximum Gasteiger partial charge on any atom is 0.418 e. The first-order valence-electron chi connectivity index (χ1n) is 11.9. The van der Waals surface area contributed by atoms with Gasteiger partial charge in [0, 0.05) is 23.7 Å². The summed E-state index contributed by atoms with van der Waals surface area (Å²) in [4.78, 5) is 24.7. The third kappa shape index (κ3) is 7.43. The zero-order valence-corrected chi connectivity index (χ0v) is 21.8. The number of benzene rings is 2. The topological polar surface area (TPSA) is 89.8 Å². The molecule has 2 atom stereocenters. The van der Waals surface area contributed by atoms with Gasteiger partial charge in [-0.25, -0.2) is 10.3 Å². The Morgan fingerprint density at radius 3 is 2.31 bits per heavy atom. The van der Waals surface area contributed by atoms with Crippen molar-refractivity contribution in [3.8, 4) is 11.3 Å². The molecule has 0 saturated heterocycles. The number of aromatic nitrogens is 1. The Morgan fingerprint density at radius 1 is 1.06 bits per heavy atom. The second-order valence-electron chi connectivity index (χ2n) is 9.54. The number of halogens is 1. The Hall–Kier alpha value is -3.13. The summed E-state index contributed by atoms with van der Waals surface area (Å²) < 4.78 is 13.0. The van der Waals surface area contributed by atoms with Gasteiger partial charge in [0.25, 0.3) is 0 Å². The van der Waals surface area contributed by atoms with Gasteiger partial charge in [-0.3, -0.25) is 14.6 Å². The highest BCUT2D eigenvalue weighted by Gasteiger charge is 2.27. The lowest BCUT2D eigenvalue weighted by Gasteiger charge is -2.27. The molecule has 36 heavy (non-hydrogen) atoms. The van der Waals surface area contributed by atoms with E-state index >= 15 is 0 Å². The molecule has 3 rings (SSSR count). The van der Waals surface area contributed by atoms with Crippen LogP contribution in [0, 0.1) is 0 Å². The fourth-order valence-corrected chi connectivity index (χ4v) is 4.21. The van der Waals surface area contributed by atoms with Crippen LogP contribution in [0.2, 0.25) is 5.02 Å². The highest BCUT2D eigenvalue weighted by atomic mass is 35.5. The molecular formula is C28H33ClN2O5. The zero-order valence-electron chi connectivity index (χ0n) is 21.0. The van der Waals surface area contributed by atoms with E-state index in [0.29, 0.717) is 23.7 Å². The predicted molar refractivity (Wildman–Crippen MR) is 139 cm³/mol. The highest BCUT2D eigenvalue weighted by Crippen LogP contribution is 2.31. The maximum atomic E-state index is 12.7. The van der Waals surface area contributed by atoms with Gasteiger partial charge in [-0.05, 0) is 75.1 Å². The summed E-state index contributed by atoms with van der Waals surface area (Å²) in [6.45, 7) is 7.78. The van der Waals surface area contributed by atoms with Gasteiger partial charge in [-0.1, -0.05) is 48.0 Å². The quantitative estimate of drug-likeness (QED) is 0.262. The number of hydrogen-bond donors (Lipinski definition) is 2. The van der Waals surface area contributed by atoms with Crippen LogP contribution >= 0.6 is 11.6 Å². The Bertz CT molecular complexity index is 1150. The molecule has 2 aromatic carbocycles. The largest absolute Gasteiger partial charge is 0.443 e. The number of carbonyl (C=O) groups excluding carboxylic acids is 2. The van der Waals surface area contributed by atoms with E-state index in [-0.39, 0.29) is 12.3 Å². The summed E-state index contributed by atoms with van der Waals surface area (Å²) >= 11 is 6.06. The molecular weight excluding hydrogens is 480 g/mol. The van der Waals surface area contributed by atoms with Crippen LogP contribution in [-0.2, 0) is 20.7 Å². The van der Waals surface area contributed by atoms with Crippen molar-refractivity contribution in [2.24, 2.45) is 0 Å². The smallest absolute Gasteiger partial charge is 0.418 e. The number of rotatable bonds is 9. The first kappa shape index (κ1) is 27.5. The fraction of sp³-hybridized carbons (Fsp3) is 0.357. The van der Waals surface area contributed by atoms with Gasteiger partial charge in [-0.15, -0.1) is 0 Å². The van der Waals surface area contributed by atoms with Crippen molar-refractivity contribution in [3.63, 3.8) is 0 Å². The number of ether oxygens (including phenoxy) is 2. The first-order chi connectivity index (χ1) is 17.1. The summed E-state index contributed by atoms with van der Waals surface area (Å²) in [6.07, 6.45) is 1.38. The van der Waals surface area contributed by atoms with Crippen molar-refractivity contribution in [3.05, 3.63) is 83.0 Å². The SMILES string of the molecule is CCO[C@H](CC(=O)NO)C(Cc1ccc(Cl)cc1)c1ccc(-c2cccn2C(=O)OC(C)(C)C)cc1. The van der Waals surface area contributed by atoms with Crippen molar-refractivity contribution in [2.45, 2.75) is 58.2 Å². The molecule has 0 radical (unpaired) electrons. The molecule has 192 valence electrons. The maximum absolute atomic E-state index is 12.7. The molecule has 0 aliphatic carbocycles.